The summed E-state index contributed by atoms with van der Waals surface area (Å²) in [7, 11) is 0. The van der Waals surface area contributed by atoms with Gasteiger partial charge in [-0.1, -0.05) is 172 Å². The fourth-order valence-electron chi connectivity index (χ4n) is 10.6. The minimum atomic E-state index is -0.248. The molecular formula is C68H60N2. The van der Waals surface area contributed by atoms with E-state index in [2.05, 4.69) is 239 Å². The highest BCUT2D eigenvalue weighted by molar-refractivity contribution is 6.16. The number of para-hydroxylation sites is 1. The summed E-state index contributed by atoms with van der Waals surface area (Å²) in [4.78, 5) is 0. The first-order valence-electron chi connectivity index (χ1n) is 24.5. The molecule has 1 aliphatic carbocycles. The highest BCUT2D eigenvalue weighted by Crippen LogP contribution is 2.53. The van der Waals surface area contributed by atoms with Crippen LogP contribution in [0, 0.1) is 13.8 Å². The van der Waals surface area contributed by atoms with E-state index in [1.165, 1.54) is 116 Å². The summed E-state index contributed by atoms with van der Waals surface area (Å²) in [5, 5.41) is 5.00. The molecule has 0 amide bonds. The minimum Gasteiger partial charge on any atom is -0.309 e. The van der Waals surface area contributed by atoms with E-state index in [1.807, 2.05) is 44.2 Å². The topological polar surface area (TPSA) is 9.86 Å². The molecule has 0 N–H and O–H groups in total. The van der Waals surface area contributed by atoms with E-state index in [0.29, 0.717) is 0 Å². The summed E-state index contributed by atoms with van der Waals surface area (Å²) in [6.45, 7) is 23.2. The van der Waals surface area contributed by atoms with Gasteiger partial charge in [0, 0.05) is 38.3 Å². The van der Waals surface area contributed by atoms with Crippen LogP contribution in [0.3, 0.4) is 0 Å². The number of nitrogens with zero attached hydrogens (tertiary/aromatic N) is 2. The third-order valence-electron chi connectivity index (χ3n) is 14.4. The Morgan fingerprint density at radius 1 is 0.457 bits per heavy atom. The largest absolute Gasteiger partial charge is 0.309 e. The van der Waals surface area contributed by atoms with Gasteiger partial charge in [0.2, 0.25) is 0 Å². The van der Waals surface area contributed by atoms with Gasteiger partial charge in [0.15, 0.2) is 0 Å². The molecule has 0 bridgehead atoms. The van der Waals surface area contributed by atoms with Gasteiger partial charge in [-0.25, -0.2) is 0 Å². The van der Waals surface area contributed by atoms with Crippen LogP contribution in [0.1, 0.15) is 56.9 Å². The van der Waals surface area contributed by atoms with Crippen LogP contribution in [0.15, 0.2) is 231 Å². The van der Waals surface area contributed by atoms with Gasteiger partial charge < -0.3 is 9.13 Å². The molecule has 1 aliphatic rings. The van der Waals surface area contributed by atoms with Crippen molar-refractivity contribution >= 4 is 49.3 Å². The lowest BCUT2D eigenvalue weighted by Crippen LogP contribution is -2.15. The van der Waals surface area contributed by atoms with Crippen molar-refractivity contribution in [1.29, 1.82) is 0 Å². The third kappa shape index (κ3) is 7.90. The fraction of sp³-hybridized carbons (Fsp3) is 0.118. The molecule has 0 fully saturated rings. The van der Waals surface area contributed by atoms with Gasteiger partial charge in [0.25, 0.3) is 0 Å². The van der Waals surface area contributed by atoms with Crippen LogP contribution in [0.4, 0.5) is 0 Å². The molecule has 11 rings (SSSR count). The first-order chi connectivity index (χ1) is 34.1. The maximum absolute atomic E-state index is 4.32. The van der Waals surface area contributed by atoms with Crippen LogP contribution in [0.5, 0.6) is 0 Å². The van der Waals surface area contributed by atoms with Gasteiger partial charge in [-0.15, -0.1) is 0 Å². The lowest BCUT2D eigenvalue weighted by molar-refractivity contribution is 0.661. The third-order valence-corrected chi connectivity index (χ3v) is 14.4. The molecule has 2 heterocycles. The summed E-state index contributed by atoms with van der Waals surface area (Å²) in [5.41, 5.74) is 23.2. The summed E-state index contributed by atoms with van der Waals surface area (Å²) in [6, 6.07) is 61.1. The number of allylic oxidation sites excluding steroid dienone is 10. The molecule has 0 aliphatic heterocycles. The van der Waals surface area contributed by atoms with Crippen molar-refractivity contribution in [1.82, 2.24) is 9.13 Å². The number of benzene rings is 8. The number of aryl methyl sites for hydroxylation is 2. The van der Waals surface area contributed by atoms with Gasteiger partial charge in [-0.3, -0.25) is 0 Å². The number of fused-ring (bicyclic) bond motifs is 9. The zero-order valence-electron chi connectivity index (χ0n) is 41.5. The quantitative estimate of drug-likeness (QED) is 0.128. The number of hydrogen-bond acceptors (Lipinski definition) is 0. The molecule has 342 valence electrons. The van der Waals surface area contributed by atoms with E-state index in [9.17, 15) is 0 Å². The van der Waals surface area contributed by atoms with Crippen molar-refractivity contribution in [2.75, 3.05) is 0 Å². The zero-order chi connectivity index (χ0) is 48.7. The summed E-state index contributed by atoms with van der Waals surface area (Å²) in [5.74, 6) is 0. The molecule has 0 atom stereocenters. The van der Waals surface area contributed by atoms with E-state index in [4.69, 9.17) is 0 Å². The summed E-state index contributed by atoms with van der Waals surface area (Å²) >= 11 is 0. The monoisotopic (exact) mass is 904 g/mol. The van der Waals surface area contributed by atoms with Crippen LogP contribution >= 0.6 is 0 Å². The van der Waals surface area contributed by atoms with Gasteiger partial charge in [0.1, 0.15) is 0 Å². The van der Waals surface area contributed by atoms with Crippen LogP contribution in [0.25, 0.3) is 99.5 Å². The average molecular weight is 905 g/mol. The molecule has 10 aromatic rings. The van der Waals surface area contributed by atoms with E-state index < -0.39 is 0 Å². The molecule has 2 nitrogen and oxygen atoms in total. The Kier molecular flexibility index (Phi) is 12.2. The SMILES string of the molecule is C=C/C(=C\C=C/C)n1c2ccc(-c3ccc(C)c(-c4ccccc4C)c3)cc2c2cc3c(cc21)C(C)(C)c1cc2c(cc1-3)c1ccccc1n2-c1cccc(-c2ccccc2)c1.C=C/C(C)=C\C=C/C. The molecular weight excluding hydrogens is 845 g/mol. The lowest BCUT2D eigenvalue weighted by atomic mass is 9.82. The second-order valence-corrected chi connectivity index (χ2v) is 19.1. The first kappa shape index (κ1) is 45.6. The standard InChI is InChI=1S/C60H48N2.C8H12/c1-7-9-22-44(8-2)61-57-30-29-43(42-28-27-39(4)48(32-42)46-24-14-13-18-38(46)3)33-51(57)53-35-50-49-34-52-47-25-15-16-26-56(47)62(45-23-17-21-41(31-45)40-19-11-10-12-20-40)58(52)36-54(49)60(5,6)55(50)37-59(53)61;1-4-6-7-8(3)5-2/h7-37H,2H2,1,3-6H3;4-7H,2H2,1,3H3/b9-7-,44-22+;6-4-,8-7-. The summed E-state index contributed by atoms with van der Waals surface area (Å²) < 4.78 is 4.88. The Hall–Kier alpha value is -8.20. The molecule has 0 spiro atoms. The first-order valence-corrected chi connectivity index (χ1v) is 24.5. The Morgan fingerprint density at radius 3 is 1.79 bits per heavy atom. The molecule has 70 heavy (non-hydrogen) atoms. The van der Waals surface area contributed by atoms with Crippen molar-refractivity contribution in [3.05, 3.63) is 253 Å². The Balaban J connectivity index is 0.000000654. The van der Waals surface area contributed by atoms with Crippen molar-refractivity contribution in [2.45, 2.75) is 53.9 Å². The Bertz CT molecular complexity index is 3820. The molecule has 0 radical (unpaired) electrons. The summed E-state index contributed by atoms with van der Waals surface area (Å²) in [6.07, 6.45) is 16.2. The molecule has 8 aromatic carbocycles. The van der Waals surface area contributed by atoms with Crippen molar-refractivity contribution in [3.8, 4) is 50.2 Å². The van der Waals surface area contributed by atoms with Gasteiger partial charge in [-0.2, -0.15) is 0 Å². The molecule has 2 aromatic heterocycles. The maximum Gasteiger partial charge on any atom is 0.0544 e. The second-order valence-electron chi connectivity index (χ2n) is 19.1. The number of aromatic nitrogens is 2. The predicted octanol–water partition coefficient (Wildman–Crippen LogP) is 19.1. The number of rotatable bonds is 9. The van der Waals surface area contributed by atoms with Crippen LogP contribution < -0.4 is 0 Å². The normalized spacial score (nSPS) is 13.4. The predicted molar refractivity (Wildman–Crippen MR) is 305 cm³/mol. The Labute approximate surface area is 413 Å². The maximum atomic E-state index is 4.32. The van der Waals surface area contributed by atoms with E-state index in [1.54, 1.807) is 0 Å². The lowest BCUT2D eigenvalue weighted by Gasteiger charge is -2.22. The van der Waals surface area contributed by atoms with Crippen LogP contribution in [0.2, 0.25) is 0 Å². The van der Waals surface area contributed by atoms with Crippen LogP contribution in [-0.4, -0.2) is 9.13 Å². The van der Waals surface area contributed by atoms with Gasteiger partial charge in [-0.05, 0) is 174 Å². The minimum absolute atomic E-state index is 0.248. The highest BCUT2D eigenvalue weighted by Gasteiger charge is 2.37. The van der Waals surface area contributed by atoms with Crippen molar-refractivity contribution in [3.63, 3.8) is 0 Å². The van der Waals surface area contributed by atoms with Crippen LogP contribution in [-0.2, 0) is 5.41 Å². The van der Waals surface area contributed by atoms with Crippen molar-refractivity contribution in [2.24, 2.45) is 0 Å². The van der Waals surface area contributed by atoms with Gasteiger partial charge >= 0.3 is 0 Å². The molecule has 0 unspecified atom stereocenters. The highest BCUT2D eigenvalue weighted by atomic mass is 15.0. The van der Waals surface area contributed by atoms with E-state index in [0.717, 1.165) is 11.4 Å². The fourth-order valence-corrected chi connectivity index (χ4v) is 10.6. The zero-order valence-corrected chi connectivity index (χ0v) is 41.5. The molecule has 2 heteroatoms. The van der Waals surface area contributed by atoms with E-state index in [-0.39, 0.29) is 5.41 Å². The van der Waals surface area contributed by atoms with Gasteiger partial charge in [0.05, 0.1) is 22.1 Å². The van der Waals surface area contributed by atoms with E-state index >= 15 is 0 Å². The second kappa shape index (κ2) is 18.7. The smallest absolute Gasteiger partial charge is 0.0544 e. The Morgan fingerprint density at radius 2 is 1.06 bits per heavy atom. The molecule has 0 saturated carbocycles. The van der Waals surface area contributed by atoms with Crippen molar-refractivity contribution < 1.29 is 0 Å². The number of hydrogen-bond donors (Lipinski definition) is 0. The average Bonchev–Trinajstić information content (AvgIpc) is 3.97. The molecule has 0 saturated heterocycles.